The monoisotopic (exact) mass is 320 g/mol. The van der Waals surface area contributed by atoms with E-state index in [4.69, 9.17) is 11.2 Å². The zero-order valence-electron chi connectivity index (χ0n) is 13.5. The molecule has 0 amide bonds. The summed E-state index contributed by atoms with van der Waals surface area (Å²) in [5, 5.41) is 1.59. The van der Waals surface area contributed by atoms with Gasteiger partial charge in [0.2, 0.25) is 6.49 Å². The van der Waals surface area contributed by atoms with Crippen molar-refractivity contribution in [3.8, 4) is 0 Å². The molecule has 2 aromatic carbocycles. The summed E-state index contributed by atoms with van der Waals surface area (Å²) in [6.45, 7) is 8.94. The molecule has 0 aliphatic rings. The third-order valence-corrected chi connectivity index (χ3v) is 7.42. The minimum Gasteiger partial charge on any atom is -0.296 e. The SMILES string of the molecule is Cc1cc(C)c(P(=O)(Cl)c2c(C)cc(C)cc2C)c(C)c1. The number of rotatable bonds is 2. The van der Waals surface area contributed by atoms with Gasteiger partial charge in [-0.15, -0.1) is 0 Å². The topological polar surface area (TPSA) is 17.1 Å². The molecule has 0 aliphatic heterocycles. The highest BCUT2D eigenvalue weighted by Gasteiger charge is 2.31. The van der Waals surface area contributed by atoms with Gasteiger partial charge in [0.15, 0.2) is 0 Å². The molecule has 0 N–H and O–H groups in total. The van der Waals surface area contributed by atoms with Crippen LogP contribution in [-0.4, -0.2) is 0 Å². The van der Waals surface area contributed by atoms with E-state index >= 15 is 0 Å². The van der Waals surface area contributed by atoms with Crippen LogP contribution in [0.25, 0.3) is 0 Å². The Labute approximate surface area is 132 Å². The van der Waals surface area contributed by atoms with E-state index < -0.39 is 6.49 Å². The summed E-state index contributed by atoms with van der Waals surface area (Å²) in [5.41, 5.74) is 6.36. The smallest absolute Gasteiger partial charge is 0.226 e. The molecule has 0 aliphatic carbocycles. The van der Waals surface area contributed by atoms with Crippen LogP contribution in [-0.2, 0) is 4.57 Å². The Bertz CT molecular complexity index is 654. The van der Waals surface area contributed by atoms with Crippen LogP contribution < -0.4 is 10.6 Å². The summed E-state index contributed by atoms with van der Waals surface area (Å²) in [4.78, 5) is 0. The molecule has 21 heavy (non-hydrogen) atoms. The van der Waals surface area contributed by atoms with Gasteiger partial charge in [-0.05, 0) is 75.0 Å². The van der Waals surface area contributed by atoms with Crippen LogP contribution in [0, 0.1) is 41.5 Å². The molecule has 0 bridgehead atoms. The maximum Gasteiger partial charge on any atom is 0.226 e. The summed E-state index contributed by atoms with van der Waals surface area (Å²) in [6.07, 6.45) is 0. The van der Waals surface area contributed by atoms with Gasteiger partial charge in [-0.2, -0.15) is 0 Å². The standard InChI is InChI=1S/C18H22ClOP/c1-11-7-13(3)17(14(4)8-11)21(19,20)18-15(5)9-12(2)10-16(18)6/h7-10H,1-6H3. The lowest BCUT2D eigenvalue weighted by Gasteiger charge is -2.21. The Morgan fingerprint density at radius 1 is 0.667 bits per heavy atom. The van der Waals surface area contributed by atoms with E-state index in [-0.39, 0.29) is 0 Å². The zero-order chi connectivity index (χ0) is 15.9. The van der Waals surface area contributed by atoms with Crippen molar-refractivity contribution in [1.29, 1.82) is 0 Å². The van der Waals surface area contributed by atoms with Crippen LogP contribution in [0.5, 0.6) is 0 Å². The van der Waals surface area contributed by atoms with Crippen LogP contribution in [0.4, 0.5) is 0 Å². The fourth-order valence-electron chi connectivity index (χ4n) is 3.36. The van der Waals surface area contributed by atoms with E-state index in [2.05, 4.69) is 24.3 Å². The lowest BCUT2D eigenvalue weighted by molar-refractivity contribution is 0.595. The van der Waals surface area contributed by atoms with E-state index in [9.17, 15) is 4.57 Å². The number of hydrogen-bond donors (Lipinski definition) is 0. The van der Waals surface area contributed by atoms with Crippen LogP contribution in [0.3, 0.4) is 0 Å². The van der Waals surface area contributed by atoms with Crippen molar-refractivity contribution in [3.05, 3.63) is 57.6 Å². The van der Waals surface area contributed by atoms with Crippen LogP contribution in [0.15, 0.2) is 24.3 Å². The normalized spacial score (nSPS) is 11.8. The average Bonchev–Trinajstić information content (AvgIpc) is 2.23. The highest BCUT2D eigenvalue weighted by molar-refractivity contribution is 8.00. The van der Waals surface area contributed by atoms with E-state index in [0.717, 1.165) is 32.9 Å². The lowest BCUT2D eigenvalue weighted by Crippen LogP contribution is -2.22. The third kappa shape index (κ3) is 2.96. The molecule has 0 atom stereocenters. The van der Waals surface area contributed by atoms with E-state index in [1.54, 1.807) is 0 Å². The Hall–Kier alpha value is -1.04. The minimum atomic E-state index is -3.12. The first kappa shape index (κ1) is 16.3. The first-order chi connectivity index (χ1) is 9.64. The minimum absolute atomic E-state index is 0.796. The van der Waals surface area contributed by atoms with Gasteiger partial charge in [-0.3, -0.25) is 4.57 Å². The van der Waals surface area contributed by atoms with Crippen LogP contribution >= 0.6 is 17.7 Å². The van der Waals surface area contributed by atoms with Crippen molar-refractivity contribution in [2.75, 3.05) is 0 Å². The molecule has 0 saturated carbocycles. The quantitative estimate of drug-likeness (QED) is 0.711. The van der Waals surface area contributed by atoms with Gasteiger partial charge in [0.25, 0.3) is 0 Å². The summed E-state index contributed by atoms with van der Waals surface area (Å²) < 4.78 is 13.5. The summed E-state index contributed by atoms with van der Waals surface area (Å²) >= 11 is 6.67. The molecule has 112 valence electrons. The van der Waals surface area contributed by atoms with Gasteiger partial charge < -0.3 is 0 Å². The second-order valence-corrected chi connectivity index (χ2v) is 9.41. The van der Waals surface area contributed by atoms with Gasteiger partial charge in [-0.25, -0.2) is 0 Å². The predicted molar refractivity (Wildman–Crippen MR) is 94.0 cm³/mol. The predicted octanol–water partition coefficient (Wildman–Crippen LogP) is 5.00. The Morgan fingerprint density at radius 2 is 0.905 bits per heavy atom. The van der Waals surface area contributed by atoms with Crippen LogP contribution in [0.1, 0.15) is 33.4 Å². The van der Waals surface area contributed by atoms with Gasteiger partial charge in [0, 0.05) is 10.6 Å². The Kier molecular flexibility index (Phi) is 4.38. The van der Waals surface area contributed by atoms with Crippen LogP contribution in [0.2, 0.25) is 0 Å². The lowest BCUT2D eigenvalue weighted by atomic mass is 10.1. The van der Waals surface area contributed by atoms with E-state index in [1.807, 2.05) is 41.5 Å². The summed E-state index contributed by atoms with van der Waals surface area (Å²) in [5.74, 6) is 0. The molecule has 0 radical (unpaired) electrons. The van der Waals surface area contributed by atoms with Crippen molar-refractivity contribution in [3.63, 3.8) is 0 Å². The first-order valence-corrected chi connectivity index (χ1v) is 9.72. The number of halogens is 1. The van der Waals surface area contributed by atoms with E-state index in [0.29, 0.717) is 0 Å². The van der Waals surface area contributed by atoms with Gasteiger partial charge >= 0.3 is 0 Å². The molecule has 0 aromatic heterocycles. The third-order valence-electron chi connectivity index (χ3n) is 3.85. The maximum absolute atomic E-state index is 13.5. The molecule has 0 saturated heterocycles. The molecular weight excluding hydrogens is 299 g/mol. The van der Waals surface area contributed by atoms with Crippen molar-refractivity contribution in [2.45, 2.75) is 41.5 Å². The fraction of sp³-hybridized carbons (Fsp3) is 0.333. The molecule has 0 unspecified atom stereocenters. The number of hydrogen-bond acceptors (Lipinski definition) is 1. The number of benzene rings is 2. The van der Waals surface area contributed by atoms with Gasteiger partial charge in [0.1, 0.15) is 0 Å². The molecule has 2 rings (SSSR count). The Morgan fingerprint density at radius 3 is 1.14 bits per heavy atom. The molecule has 0 spiro atoms. The van der Waals surface area contributed by atoms with Crippen molar-refractivity contribution in [2.24, 2.45) is 0 Å². The maximum atomic E-state index is 13.5. The molecule has 3 heteroatoms. The zero-order valence-corrected chi connectivity index (χ0v) is 15.2. The second kappa shape index (κ2) is 5.63. The largest absolute Gasteiger partial charge is 0.296 e. The summed E-state index contributed by atoms with van der Waals surface area (Å²) in [6, 6.07) is 8.21. The molecule has 0 heterocycles. The highest BCUT2D eigenvalue weighted by atomic mass is 35.7. The van der Waals surface area contributed by atoms with Crippen molar-refractivity contribution >= 4 is 28.3 Å². The van der Waals surface area contributed by atoms with Crippen molar-refractivity contribution in [1.82, 2.24) is 0 Å². The molecule has 1 nitrogen and oxygen atoms in total. The van der Waals surface area contributed by atoms with Gasteiger partial charge in [-0.1, -0.05) is 35.4 Å². The van der Waals surface area contributed by atoms with E-state index in [1.165, 1.54) is 11.1 Å². The Balaban J connectivity index is 2.78. The number of aryl methyl sites for hydroxylation is 6. The van der Waals surface area contributed by atoms with Crippen molar-refractivity contribution < 1.29 is 4.57 Å². The highest BCUT2D eigenvalue weighted by Crippen LogP contribution is 2.52. The molecule has 2 aromatic rings. The molecule has 0 fully saturated rings. The van der Waals surface area contributed by atoms with Gasteiger partial charge in [0.05, 0.1) is 0 Å². The average molecular weight is 321 g/mol. The molecular formula is C18H22ClOP. The fourth-order valence-corrected chi connectivity index (χ4v) is 7.26. The summed E-state index contributed by atoms with van der Waals surface area (Å²) in [7, 11) is 0. The second-order valence-electron chi connectivity index (χ2n) is 6.03. The first-order valence-electron chi connectivity index (χ1n) is 7.11.